The zero-order valence-corrected chi connectivity index (χ0v) is 45.3. The van der Waals surface area contributed by atoms with Crippen LogP contribution in [0.5, 0.6) is 0 Å². The van der Waals surface area contributed by atoms with Gasteiger partial charge in [-0.15, -0.1) is 0 Å². The van der Waals surface area contributed by atoms with Gasteiger partial charge < -0.3 is 9.13 Å². The molecule has 0 N–H and O–H groups in total. The van der Waals surface area contributed by atoms with Crippen LogP contribution in [0.1, 0.15) is 36.0 Å². The summed E-state index contributed by atoms with van der Waals surface area (Å²) >= 11 is 0. The van der Waals surface area contributed by atoms with Crippen LogP contribution in [0.4, 0.5) is 0 Å². The summed E-state index contributed by atoms with van der Waals surface area (Å²) in [7, 11) is 0. The number of fused-ring (bicyclic) bond motifs is 8. The fourth-order valence-corrected chi connectivity index (χ4v) is 13.5. The molecular weight excluding hydrogens is 993 g/mol. The van der Waals surface area contributed by atoms with E-state index in [4.69, 9.17) is 9.97 Å². The van der Waals surface area contributed by atoms with Crippen LogP contribution in [0.15, 0.2) is 291 Å². The van der Waals surface area contributed by atoms with E-state index in [-0.39, 0.29) is 5.92 Å². The Bertz CT molecular complexity index is 4700. The van der Waals surface area contributed by atoms with Crippen LogP contribution in [0.2, 0.25) is 0 Å². The van der Waals surface area contributed by atoms with E-state index in [1.807, 2.05) is 24.3 Å². The summed E-state index contributed by atoms with van der Waals surface area (Å²) in [6.07, 6.45) is 5.87. The molecule has 0 saturated heterocycles. The van der Waals surface area contributed by atoms with Gasteiger partial charge in [-0.2, -0.15) is 0 Å². The molecule has 0 spiro atoms. The van der Waals surface area contributed by atoms with E-state index in [1.165, 1.54) is 60.4 Å². The molecule has 4 heteroatoms. The molecule has 16 rings (SSSR count). The Hall–Kier alpha value is -10.4. The van der Waals surface area contributed by atoms with Crippen molar-refractivity contribution in [2.75, 3.05) is 0 Å². The molecule has 386 valence electrons. The molecule has 2 atom stereocenters. The van der Waals surface area contributed by atoms with Gasteiger partial charge >= 0.3 is 0 Å². The molecule has 3 aromatic heterocycles. The van der Waals surface area contributed by atoms with Gasteiger partial charge in [0.2, 0.25) is 0 Å². The fraction of sp³-hybridized carbons (Fsp3) is 0.0513. The van der Waals surface area contributed by atoms with E-state index >= 15 is 0 Å². The second kappa shape index (κ2) is 19.4. The van der Waals surface area contributed by atoms with E-state index in [1.54, 1.807) is 0 Å². The van der Waals surface area contributed by atoms with Crippen molar-refractivity contribution in [1.82, 2.24) is 19.1 Å². The summed E-state index contributed by atoms with van der Waals surface area (Å²) in [5.41, 5.74) is 25.6. The summed E-state index contributed by atoms with van der Waals surface area (Å²) in [5.74, 6) is 1.29. The highest BCUT2D eigenvalue weighted by molar-refractivity contribution is 6.13. The van der Waals surface area contributed by atoms with Crippen LogP contribution in [0.25, 0.3) is 128 Å². The molecule has 0 bridgehead atoms. The first kappa shape index (κ1) is 47.6. The maximum Gasteiger partial charge on any atom is 0.160 e. The van der Waals surface area contributed by atoms with Crippen molar-refractivity contribution in [3.8, 4) is 78.7 Å². The number of allylic oxidation sites excluding steroid dienone is 4. The molecule has 82 heavy (non-hydrogen) atoms. The molecular formula is C78H54N4. The van der Waals surface area contributed by atoms with Gasteiger partial charge in [-0.25, -0.2) is 9.97 Å². The van der Waals surface area contributed by atoms with Crippen molar-refractivity contribution in [3.63, 3.8) is 0 Å². The Morgan fingerprint density at radius 1 is 0.366 bits per heavy atom. The largest absolute Gasteiger partial charge is 0.309 e. The second-order valence-electron chi connectivity index (χ2n) is 22.0. The van der Waals surface area contributed by atoms with Gasteiger partial charge in [0.05, 0.1) is 39.1 Å². The highest BCUT2D eigenvalue weighted by Crippen LogP contribution is 2.53. The number of hydrogen-bond donors (Lipinski definition) is 0. The van der Waals surface area contributed by atoms with Gasteiger partial charge in [0.25, 0.3) is 0 Å². The first-order valence-electron chi connectivity index (χ1n) is 28.6. The van der Waals surface area contributed by atoms with Crippen LogP contribution in [0.3, 0.4) is 0 Å². The Kier molecular flexibility index (Phi) is 11.3. The van der Waals surface area contributed by atoms with Crippen molar-refractivity contribution >= 4 is 49.2 Å². The number of hydrogen-bond acceptors (Lipinski definition) is 2. The third-order valence-corrected chi connectivity index (χ3v) is 17.3. The van der Waals surface area contributed by atoms with Gasteiger partial charge in [-0.3, -0.25) is 0 Å². The molecule has 3 heterocycles. The molecule has 0 amide bonds. The van der Waals surface area contributed by atoms with E-state index in [0.29, 0.717) is 11.7 Å². The predicted octanol–water partition coefficient (Wildman–Crippen LogP) is 20.2. The van der Waals surface area contributed by atoms with Gasteiger partial charge in [-0.05, 0) is 123 Å². The normalized spacial score (nSPS) is 14.7. The smallest absolute Gasteiger partial charge is 0.160 e. The lowest BCUT2D eigenvalue weighted by atomic mass is 9.83. The highest BCUT2D eigenvalue weighted by atomic mass is 15.0. The van der Waals surface area contributed by atoms with Crippen molar-refractivity contribution in [3.05, 3.63) is 307 Å². The van der Waals surface area contributed by atoms with Crippen molar-refractivity contribution in [2.24, 2.45) is 5.92 Å². The topological polar surface area (TPSA) is 35.6 Å². The third kappa shape index (κ3) is 7.82. The number of rotatable bonds is 9. The van der Waals surface area contributed by atoms with E-state index in [9.17, 15) is 0 Å². The molecule has 2 unspecified atom stereocenters. The highest BCUT2D eigenvalue weighted by Gasteiger charge is 2.35. The van der Waals surface area contributed by atoms with E-state index in [2.05, 4.69) is 277 Å². The number of benzene rings is 11. The molecule has 4 nitrogen and oxygen atoms in total. The molecule has 0 fully saturated rings. The second-order valence-corrected chi connectivity index (χ2v) is 22.0. The molecule has 0 aliphatic heterocycles. The maximum atomic E-state index is 5.18. The first-order chi connectivity index (χ1) is 40.6. The van der Waals surface area contributed by atoms with Crippen molar-refractivity contribution in [1.29, 1.82) is 0 Å². The number of nitrogens with zero attached hydrogens (tertiary/aromatic N) is 4. The van der Waals surface area contributed by atoms with Crippen molar-refractivity contribution in [2.45, 2.75) is 19.3 Å². The van der Waals surface area contributed by atoms with Gasteiger partial charge in [-0.1, -0.05) is 231 Å². The summed E-state index contributed by atoms with van der Waals surface area (Å²) < 4.78 is 5.02. The van der Waals surface area contributed by atoms with Gasteiger partial charge in [0, 0.05) is 61.0 Å². The summed E-state index contributed by atoms with van der Waals surface area (Å²) in [6, 6.07) is 99.8. The van der Waals surface area contributed by atoms with Crippen molar-refractivity contribution < 1.29 is 0 Å². The average Bonchev–Trinajstić information content (AvgIpc) is 4.30. The minimum atomic E-state index is 0.130. The van der Waals surface area contributed by atoms with Gasteiger partial charge in [0.15, 0.2) is 5.82 Å². The summed E-state index contributed by atoms with van der Waals surface area (Å²) in [4.78, 5) is 10.3. The Labute approximate surface area is 476 Å². The average molecular weight is 1050 g/mol. The third-order valence-electron chi connectivity index (χ3n) is 17.3. The molecule has 2 aliphatic carbocycles. The van der Waals surface area contributed by atoms with Crippen LogP contribution < -0.4 is 0 Å². The Morgan fingerprint density at radius 3 is 1.50 bits per heavy atom. The summed E-state index contributed by atoms with van der Waals surface area (Å²) in [6.45, 7) is 2.39. The molecule has 0 saturated carbocycles. The maximum absolute atomic E-state index is 5.18. The zero-order valence-electron chi connectivity index (χ0n) is 45.3. The minimum Gasteiger partial charge on any atom is -0.309 e. The zero-order chi connectivity index (χ0) is 54.3. The number of aromatic nitrogens is 4. The minimum absolute atomic E-state index is 0.130. The van der Waals surface area contributed by atoms with Gasteiger partial charge in [0.1, 0.15) is 0 Å². The molecule has 11 aromatic carbocycles. The molecule has 14 aromatic rings. The lowest BCUT2D eigenvalue weighted by molar-refractivity contribution is 0.752. The quantitative estimate of drug-likeness (QED) is 0.144. The lowest BCUT2D eigenvalue weighted by Crippen LogP contribution is -2.04. The van der Waals surface area contributed by atoms with Crippen LogP contribution in [0, 0.1) is 5.92 Å². The number of para-hydroxylation sites is 2. The Balaban J connectivity index is 0.927. The first-order valence-corrected chi connectivity index (χ1v) is 28.6. The van der Waals surface area contributed by atoms with E-state index in [0.717, 1.165) is 90.3 Å². The lowest BCUT2D eigenvalue weighted by Gasteiger charge is -2.22. The fourth-order valence-electron chi connectivity index (χ4n) is 13.5. The van der Waals surface area contributed by atoms with E-state index < -0.39 is 0 Å². The van der Waals surface area contributed by atoms with Crippen LogP contribution >= 0.6 is 0 Å². The summed E-state index contributed by atoms with van der Waals surface area (Å²) in [5, 5.41) is 4.93. The molecule has 0 radical (unpaired) electrons. The SMILES string of the molecule is CC1CC=CC2=C1c1ccccc1C2c1ccc2c(c1)c1cc(-n3c4ccccc4c4ccccc43)ccc1n2-c1c(-c2ccccc2)cc(-c2ccc(-c3cc(-c4ccccc4)nc(-c4ccccc4)n3)cc2)cc1-c1ccccc1. The standard InChI is InChI=1S/C78H54N4/c1-50-21-20-34-64-75(50)62-32-14-15-33-63(62)76(64)57-41-43-73-67(45-57)68-48-59(81-71-35-18-16-30-60(71)61-31-17-19-36-72(61)81)42-44-74(68)82(73)77-65(52-22-6-2-7-23-52)46-58(47-66(77)53-24-8-3-9-25-53)51-37-39-55(40-38-51)70-49-69(54-26-10-4-11-27-54)79-78(80-70)56-28-12-5-13-29-56/h2-20,22-50,76H,21H2,1H3. The van der Waals surface area contributed by atoms with Crippen LogP contribution in [-0.4, -0.2) is 19.1 Å². The Morgan fingerprint density at radius 2 is 0.866 bits per heavy atom. The predicted molar refractivity (Wildman–Crippen MR) is 341 cm³/mol. The monoisotopic (exact) mass is 1050 g/mol. The molecule has 2 aliphatic rings. The van der Waals surface area contributed by atoms with Crippen LogP contribution in [-0.2, 0) is 0 Å².